The van der Waals surface area contributed by atoms with Crippen molar-refractivity contribution in [1.29, 1.82) is 0 Å². The second kappa shape index (κ2) is 5.98. The van der Waals surface area contributed by atoms with Crippen molar-refractivity contribution in [3.8, 4) is 0 Å². The monoisotopic (exact) mass is 288 g/mol. The molecule has 4 nitrogen and oxygen atoms in total. The fourth-order valence-electron chi connectivity index (χ4n) is 3.70. The summed E-state index contributed by atoms with van der Waals surface area (Å²) >= 11 is 0. The number of hydrogen-bond donors (Lipinski definition) is 1. The number of rotatable bonds is 2. The van der Waals surface area contributed by atoms with E-state index in [0.29, 0.717) is 11.3 Å². The topological polar surface area (TPSA) is 55.6 Å². The van der Waals surface area contributed by atoms with Crippen LogP contribution in [0.4, 0.5) is 0 Å². The quantitative estimate of drug-likeness (QED) is 0.839. The Morgan fingerprint density at radius 2 is 1.95 bits per heavy atom. The van der Waals surface area contributed by atoms with Gasteiger partial charge >= 0.3 is 0 Å². The molecule has 0 aromatic heterocycles. The Balaban J connectivity index is 0.00000133. The summed E-state index contributed by atoms with van der Waals surface area (Å²) in [5.41, 5.74) is 6.65. The average Bonchev–Trinajstić information content (AvgIpc) is 2.83. The molecule has 0 bridgehead atoms. The first kappa shape index (κ1) is 15.1. The van der Waals surface area contributed by atoms with Crippen LogP contribution in [0.1, 0.15) is 38.5 Å². The lowest BCUT2D eigenvalue weighted by Gasteiger charge is -2.38. The Hall–Kier alpha value is -0.320. The fraction of sp³-hybridized carbons (Fsp3) is 0.929. The third-order valence-corrected chi connectivity index (χ3v) is 5.22. The summed E-state index contributed by atoms with van der Waals surface area (Å²) in [4.78, 5) is 14.5. The van der Waals surface area contributed by atoms with Crippen molar-refractivity contribution in [2.75, 3.05) is 26.3 Å². The minimum Gasteiger partial charge on any atom is -0.381 e. The molecule has 19 heavy (non-hydrogen) atoms. The van der Waals surface area contributed by atoms with Gasteiger partial charge in [-0.25, -0.2) is 0 Å². The third kappa shape index (κ3) is 2.91. The van der Waals surface area contributed by atoms with Gasteiger partial charge in [0, 0.05) is 26.3 Å². The van der Waals surface area contributed by atoms with E-state index >= 15 is 0 Å². The highest BCUT2D eigenvalue weighted by molar-refractivity contribution is 5.85. The maximum absolute atomic E-state index is 12.4. The second-order valence-electron chi connectivity index (χ2n) is 6.34. The summed E-state index contributed by atoms with van der Waals surface area (Å²) in [6, 6.07) is -0.302. The molecule has 5 heteroatoms. The van der Waals surface area contributed by atoms with Crippen LogP contribution in [0.3, 0.4) is 0 Å². The van der Waals surface area contributed by atoms with E-state index in [1.807, 2.05) is 4.90 Å². The molecule has 2 N–H and O–H groups in total. The van der Waals surface area contributed by atoms with Gasteiger partial charge in [-0.3, -0.25) is 4.79 Å². The lowest BCUT2D eigenvalue weighted by Crippen LogP contribution is -2.49. The standard InChI is InChI=1S/C14H24N2O2.ClH/c15-12(11-2-8-18-9-3-11)13(17)16-7-6-14(10-16)4-1-5-14;/h11-12H,1-10,15H2;1H. The molecular weight excluding hydrogens is 264 g/mol. The molecule has 2 heterocycles. The number of halogens is 1. The van der Waals surface area contributed by atoms with Gasteiger partial charge in [0.05, 0.1) is 6.04 Å². The first-order chi connectivity index (χ1) is 8.70. The Morgan fingerprint density at radius 1 is 1.26 bits per heavy atom. The molecule has 2 saturated heterocycles. The van der Waals surface area contributed by atoms with Crippen LogP contribution in [-0.2, 0) is 9.53 Å². The maximum Gasteiger partial charge on any atom is 0.239 e. The maximum atomic E-state index is 12.4. The van der Waals surface area contributed by atoms with Crippen LogP contribution in [0.25, 0.3) is 0 Å². The zero-order valence-corrected chi connectivity index (χ0v) is 12.3. The number of likely N-dealkylation sites (tertiary alicyclic amines) is 1. The van der Waals surface area contributed by atoms with Crippen molar-refractivity contribution >= 4 is 18.3 Å². The van der Waals surface area contributed by atoms with E-state index in [0.717, 1.165) is 39.1 Å². The fourth-order valence-corrected chi connectivity index (χ4v) is 3.70. The van der Waals surface area contributed by atoms with Gasteiger partial charge in [0.1, 0.15) is 0 Å². The molecule has 2 aliphatic heterocycles. The number of carbonyl (C=O) groups is 1. The van der Waals surface area contributed by atoms with Crippen LogP contribution in [0, 0.1) is 11.3 Å². The number of ether oxygens (including phenoxy) is 1. The minimum absolute atomic E-state index is 0. The molecule has 1 aliphatic carbocycles. The Bertz CT molecular complexity index is 323. The molecule has 0 aromatic carbocycles. The summed E-state index contributed by atoms with van der Waals surface area (Å²) in [6.07, 6.45) is 7.03. The SMILES string of the molecule is Cl.NC(C(=O)N1CCC2(CCC2)C1)C1CCOCC1. The van der Waals surface area contributed by atoms with Gasteiger partial charge < -0.3 is 15.4 Å². The van der Waals surface area contributed by atoms with Crippen LogP contribution in [0.15, 0.2) is 0 Å². The molecule has 3 rings (SSSR count). The molecule has 110 valence electrons. The molecule has 3 fully saturated rings. The lowest BCUT2D eigenvalue weighted by atomic mass is 9.68. The molecule has 0 radical (unpaired) electrons. The second-order valence-corrected chi connectivity index (χ2v) is 6.34. The van der Waals surface area contributed by atoms with E-state index in [4.69, 9.17) is 10.5 Å². The van der Waals surface area contributed by atoms with Crippen LogP contribution < -0.4 is 5.73 Å². The molecule has 3 aliphatic rings. The van der Waals surface area contributed by atoms with Gasteiger partial charge in [-0.05, 0) is 43.4 Å². The van der Waals surface area contributed by atoms with E-state index in [1.165, 1.54) is 25.7 Å². The highest BCUT2D eigenvalue weighted by Gasteiger charge is 2.45. The molecule has 1 atom stereocenters. The summed E-state index contributed by atoms with van der Waals surface area (Å²) in [5.74, 6) is 0.509. The Morgan fingerprint density at radius 3 is 2.47 bits per heavy atom. The van der Waals surface area contributed by atoms with Gasteiger partial charge in [-0.1, -0.05) is 6.42 Å². The van der Waals surface area contributed by atoms with Crippen LogP contribution >= 0.6 is 12.4 Å². The first-order valence-corrected chi connectivity index (χ1v) is 7.32. The zero-order valence-electron chi connectivity index (χ0n) is 11.5. The van der Waals surface area contributed by atoms with Crippen molar-refractivity contribution in [2.45, 2.75) is 44.6 Å². The van der Waals surface area contributed by atoms with E-state index in [-0.39, 0.29) is 24.4 Å². The van der Waals surface area contributed by atoms with Gasteiger partial charge in [-0.15, -0.1) is 12.4 Å². The molecule has 0 aromatic rings. The van der Waals surface area contributed by atoms with Crippen LogP contribution in [-0.4, -0.2) is 43.2 Å². The van der Waals surface area contributed by atoms with E-state index in [1.54, 1.807) is 0 Å². The first-order valence-electron chi connectivity index (χ1n) is 7.32. The minimum atomic E-state index is -0.302. The van der Waals surface area contributed by atoms with Crippen molar-refractivity contribution in [1.82, 2.24) is 4.90 Å². The summed E-state index contributed by atoms with van der Waals surface area (Å²) < 4.78 is 5.33. The number of nitrogens with two attached hydrogens (primary N) is 1. The highest BCUT2D eigenvalue weighted by Crippen LogP contribution is 2.48. The summed E-state index contributed by atoms with van der Waals surface area (Å²) in [7, 11) is 0. The molecule has 1 saturated carbocycles. The number of carbonyl (C=O) groups excluding carboxylic acids is 1. The predicted octanol–water partition coefficient (Wildman–Crippen LogP) is 1.56. The predicted molar refractivity (Wildman–Crippen MR) is 76.2 cm³/mol. The van der Waals surface area contributed by atoms with E-state index in [9.17, 15) is 4.79 Å². The van der Waals surface area contributed by atoms with Crippen molar-refractivity contribution < 1.29 is 9.53 Å². The molecule has 1 spiro atoms. The van der Waals surface area contributed by atoms with E-state index in [2.05, 4.69) is 0 Å². The summed E-state index contributed by atoms with van der Waals surface area (Å²) in [6.45, 7) is 3.41. The van der Waals surface area contributed by atoms with Gasteiger partial charge in [0.2, 0.25) is 5.91 Å². The highest BCUT2D eigenvalue weighted by atomic mass is 35.5. The number of amides is 1. The Labute approximate surface area is 121 Å². The van der Waals surface area contributed by atoms with Crippen LogP contribution in [0.2, 0.25) is 0 Å². The van der Waals surface area contributed by atoms with Gasteiger partial charge in [0.15, 0.2) is 0 Å². The third-order valence-electron chi connectivity index (χ3n) is 5.22. The molecule has 1 unspecified atom stereocenters. The largest absolute Gasteiger partial charge is 0.381 e. The Kier molecular flexibility index (Phi) is 4.75. The zero-order chi connectivity index (χ0) is 12.6. The van der Waals surface area contributed by atoms with Crippen molar-refractivity contribution in [3.63, 3.8) is 0 Å². The summed E-state index contributed by atoms with van der Waals surface area (Å²) in [5, 5.41) is 0. The van der Waals surface area contributed by atoms with E-state index < -0.39 is 0 Å². The van der Waals surface area contributed by atoms with Gasteiger partial charge in [0.25, 0.3) is 0 Å². The number of hydrogen-bond acceptors (Lipinski definition) is 3. The van der Waals surface area contributed by atoms with Crippen molar-refractivity contribution in [2.24, 2.45) is 17.1 Å². The van der Waals surface area contributed by atoms with Crippen LogP contribution in [0.5, 0.6) is 0 Å². The number of nitrogens with zero attached hydrogens (tertiary/aromatic N) is 1. The molecular formula is C14H25ClN2O2. The van der Waals surface area contributed by atoms with Gasteiger partial charge in [-0.2, -0.15) is 0 Å². The van der Waals surface area contributed by atoms with Crippen molar-refractivity contribution in [3.05, 3.63) is 0 Å². The molecule has 1 amide bonds. The smallest absolute Gasteiger partial charge is 0.239 e. The lowest BCUT2D eigenvalue weighted by molar-refractivity contribution is -0.134. The normalized spacial score (nSPS) is 27.7. The average molecular weight is 289 g/mol.